The van der Waals surface area contributed by atoms with E-state index in [2.05, 4.69) is 19.1 Å². The molecule has 12 heavy (non-hydrogen) atoms. The summed E-state index contributed by atoms with van der Waals surface area (Å²) in [5.41, 5.74) is 0.486. The maximum atomic E-state index is 9.17. The van der Waals surface area contributed by atoms with Crippen molar-refractivity contribution in [3.63, 3.8) is 0 Å². The summed E-state index contributed by atoms with van der Waals surface area (Å²) in [5, 5.41) is 9.17. The molecule has 1 N–H and O–H groups in total. The molecule has 0 aromatic heterocycles. The molecule has 2 rings (SSSR count). The molecule has 1 heteroatoms. The highest BCUT2D eigenvalue weighted by Crippen LogP contribution is 2.63. The van der Waals surface area contributed by atoms with E-state index in [9.17, 15) is 0 Å². The molecule has 2 aliphatic rings. The molecular weight excluding hydrogens is 148 g/mol. The van der Waals surface area contributed by atoms with Crippen LogP contribution in [0.3, 0.4) is 0 Å². The van der Waals surface area contributed by atoms with Crippen molar-refractivity contribution >= 4 is 0 Å². The van der Waals surface area contributed by atoms with E-state index in [0.717, 1.165) is 5.92 Å². The van der Waals surface area contributed by atoms with Gasteiger partial charge in [0, 0.05) is 6.61 Å². The van der Waals surface area contributed by atoms with E-state index in [1.54, 1.807) is 0 Å². The first-order valence-electron chi connectivity index (χ1n) is 5.05. The minimum Gasteiger partial charge on any atom is -0.396 e. The van der Waals surface area contributed by atoms with Gasteiger partial charge in [0.1, 0.15) is 0 Å². The van der Waals surface area contributed by atoms with Crippen molar-refractivity contribution in [3.05, 3.63) is 12.2 Å². The van der Waals surface area contributed by atoms with Gasteiger partial charge in [0.05, 0.1) is 0 Å². The summed E-state index contributed by atoms with van der Waals surface area (Å²) >= 11 is 0. The average molecular weight is 166 g/mol. The summed E-state index contributed by atoms with van der Waals surface area (Å²) in [6.07, 6.45) is 9.60. The molecule has 68 valence electrons. The standard InChI is InChI=1S/C11H18O/c1-11-7-5-3-2-4-6-9(11)10(11)8-12/h2-3,9-10,12H,4-8H2,1H3/b3-2-. The Labute approximate surface area is 74.5 Å². The second-order valence-corrected chi connectivity index (χ2v) is 4.49. The first kappa shape index (κ1) is 8.31. The lowest BCUT2D eigenvalue weighted by Crippen LogP contribution is -2.01. The number of allylic oxidation sites excluding steroid dienone is 2. The molecule has 0 bridgehead atoms. The van der Waals surface area contributed by atoms with Crippen molar-refractivity contribution in [2.75, 3.05) is 6.61 Å². The Kier molecular flexibility index (Phi) is 1.99. The van der Waals surface area contributed by atoms with Gasteiger partial charge in [0.2, 0.25) is 0 Å². The fraction of sp³-hybridized carbons (Fsp3) is 0.818. The molecule has 1 nitrogen and oxygen atoms in total. The number of rotatable bonds is 1. The van der Waals surface area contributed by atoms with Crippen LogP contribution in [0, 0.1) is 17.3 Å². The third kappa shape index (κ3) is 1.11. The van der Waals surface area contributed by atoms with Gasteiger partial charge in [0.25, 0.3) is 0 Å². The van der Waals surface area contributed by atoms with Crippen molar-refractivity contribution in [3.8, 4) is 0 Å². The van der Waals surface area contributed by atoms with Gasteiger partial charge < -0.3 is 5.11 Å². The molecule has 3 unspecified atom stereocenters. The van der Waals surface area contributed by atoms with Crippen molar-refractivity contribution in [2.45, 2.75) is 32.6 Å². The van der Waals surface area contributed by atoms with E-state index < -0.39 is 0 Å². The lowest BCUT2D eigenvalue weighted by atomic mass is 9.94. The van der Waals surface area contributed by atoms with E-state index >= 15 is 0 Å². The van der Waals surface area contributed by atoms with Gasteiger partial charge in [-0.15, -0.1) is 0 Å². The lowest BCUT2D eigenvalue weighted by Gasteiger charge is -2.11. The molecule has 0 aromatic rings. The molecule has 2 aliphatic carbocycles. The Morgan fingerprint density at radius 1 is 1.42 bits per heavy atom. The number of hydrogen-bond donors (Lipinski definition) is 1. The molecule has 0 aliphatic heterocycles. The van der Waals surface area contributed by atoms with Gasteiger partial charge >= 0.3 is 0 Å². The van der Waals surface area contributed by atoms with E-state index in [1.807, 2.05) is 0 Å². The topological polar surface area (TPSA) is 20.2 Å². The molecule has 1 fully saturated rings. The zero-order valence-electron chi connectivity index (χ0n) is 7.79. The molecular formula is C11H18O. The van der Waals surface area contributed by atoms with Crippen LogP contribution in [0.4, 0.5) is 0 Å². The van der Waals surface area contributed by atoms with Crippen molar-refractivity contribution in [1.29, 1.82) is 0 Å². The predicted molar refractivity (Wildman–Crippen MR) is 49.8 cm³/mol. The van der Waals surface area contributed by atoms with Crippen LogP contribution in [0.5, 0.6) is 0 Å². The Bertz CT molecular complexity index is 197. The highest BCUT2D eigenvalue weighted by Gasteiger charge is 2.58. The van der Waals surface area contributed by atoms with E-state index in [-0.39, 0.29) is 0 Å². The molecule has 0 amide bonds. The van der Waals surface area contributed by atoms with Crippen molar-refractivity contribution < 1.29 is 5.11 Å². The SMILES string of the molecule is CC12CC/C=C\CCC1C2CO. The highest BCUT2D eigenvalue weighted by atomic mass is 16.3. The third-order valence-electron chi connectivity index (χ3n) is 3.93. The first-order valence-corrected chi connectivity index (χ1v) is 5.05. The van der Waals surface area contributed by atoms with Gasteiger partial charge in [-0.25, -0.2) is 0 Å². The van der Waals surface area contributed by atoms with Gasteiger partial charge in [-0.2, -0.15) is 0 Å². The summed E-state index contributed by atoms with van der Waals surface area (Å²) in [7, 11) is 0. The summed E-state index contributed by atoms with van der Waals surface area (Å²) in [4.78, 5) is 0. The van der Waals surface area contributed by atoms with Gasteiger partial charge in [-0.3, -0.25) is 0 Å². The molecule has 0 radical (unpaired) electrons. The fourth-order valence-electron chi connectivity index (χ4n) is 2.91. The molecule has 0 spiro atoms. The Balaban J connectivity index is 2.04. The van der Waals surface area contributed by atoms with Crippen molar-refractivity contribution in [2.24, 2.45) is 17.3 Å². The van der Waals surface area contributed by atoms with E-state index in [1.165, 1.54) is 25.7 Å². The summed E-state index contributed by atoms with van der Waals surface area (Å²) in [5.74, 6) is 1.42. The van der Waals surface area contributed by atoms with Crippen LogP contribution in [-0.2, 0) is 0 Å². The van der Waals surface area contributed by atoms with Crippen LogP contribution in [0.2, 0.25) is 0 Å². The van der Waals surface area contributed by atoms with Gasteiger partial charge in [-0.1, -0.05) is 19.1 Å². The lowest BCUT2D eigenvalue weighted by molar-refractivity contribution is 0.249. The predicted octanol–water partition coefficient (Wildman–Crippen LogP) is 2.36. The normalized spacial score (nSPS) is 48.8. The maximum Gasteiger partial charge on any atom is 0.0467 e. The first-order chi connectivity index (χ1) is 5.79. The second-order valence-electron chi connectivity index (χ2n) is 4.49. The van der Waals surface area contributed by atoms with Gasteiger partial charge in [-0.05, 0) is 42.9 Å². The molecule has 0 heterocycles. The van der Waals surface area contributed by atoms with Crippen LogP contribution in [-0.4, -0.2) is 11.7 Å². The quantitative estimate of drug-likeness (QED) is 0.593. The van der Waals surface area contributed by atoms with E-state index in [0.29, 0.717) is 17.9 Å². The fourth-order valence-corrected chi connectivity index (χ4v) is 2.91. The van der Waals surface area contributed by atoms with Crippen LogP contribution >= 0.6 is 0 Å². The smallest absolute Gasteiger partial charge is 0.0467 e. The minimum atomic E-state index is 0.404. The molecule has 1 saturated carbocycles. The number of hydrogen-bond acceptors (Lipinski definition) is 1. The van der Waals surface area contributed by atoms with Crippen LogP contribution in [0.25, 0.3) is 0 Å². The summed E-state index contributed by atoms with van der Waals surface area (Å²) in [6.45, 7) is 2.75. The molecule has 3 atom stereocenters. The van der Waals surface area contributed by atoms with Gasteiger partial charge in [0.15, 0.2) is 0 Å². The Hall–Kier alpha value is -0.300. The largest absolute Gasteiger partial charge is 0.396 e. The zero-order valence-corrected chi connectivity index (χ0v) is 7.79. The average Bonchev–Trinajstić information content (AvgIpc) is 2.56. The van der Waals surface area contributed by atoms with Crippen LogP contribution in [0.1, 0.15) is 32.6 Å². The number of aliphatic hydroxyl groups is 1. The van der Waals surface area contributed by atoms with E-state index in [4.69, 9.17) is 5.11 Å². The minimum absolute atomic E-state index is 0.404. The maximum absolute atomic E-state index is 9.17. The Morgan fingerprint density at radius 2 is 2.17 bits per heavy atom. The monoisotopic (exact) mass is 166 g/mol. The number of aliphatic hydroxyl groups excluding tert-OH is 1. The third-order valence-corrected chi connectivity index (χ3v) is 3.93. The number of fused-ring (bicyclic) bond motifs is 1. The zero-order chi connectivity index (χ0) is 8.60. The Morgan fingerprint density at radius 3 is 2.92 bits per heavy atom. The van der Waals surface area contributed by atoms with Crippen molar-refractivity contribution in [1.82, 2.24) is 0 Å². The highest BCUT2D eigenvalue weighted by molar-refractivity contribution is 5.09. The van der Waals surface area contributed by atoms with Crippen LogP contribution < -0.4 is 0 Å². The molecule has 0 aromatic carbocycles. The molecule has 0 saturated heterocycles. The van der Waals surface area contributed by atoms with Crippen LogP contribution in [0.15, 0.2) is 12.2 Å². The summed E-state index contributed by atoms with van der Waals surface area (Å²) in [6, 6.07) is 0. The second kappa shape index (κ2) is 2.88. The summed E-state index contributed by atoms with van der Waals surface area (Å²) < 4.78 is 0.